The number of aryl methyl sites for hydroxylation is 1. The molecule has 0 bridgehead atoms. The van der Waals surface area contributed by atoms with E-state index in [1.807, 2.05) is 6.92 Å². The topological polar surface area (TPSA) is 68.0 Å². The Morgan fingerprint density at radius 1 is 1.26 bits per heavy atom. The van der Waals surface area contributed by atoms with E-state index in [0.29, 0.717) is 23.2 Å². The third-order valence-corrected chi connectivity index (χ3v) is 4.55. The summed E-state index contributed by atoms with van der Waals surface area (Å²) in [7, 11) is 0. The second kappa shape index (κ2) is 6.68. The van der Waals surface area contributed by atoms with Gasteiger partial charge in [0.25, 0.3) is 11.6 Å². The fourth-order valence-electron chi connectivity index (χ4n) is 3.02. The molecule has 0 radical (unpaired) electrons. The average Bonchev–Trinajstić information content (AvgIpc) is 3.44. The van der Waals surface area contributed by atoms with Gasteiger partial charge in [-0.25, -0.2) is 18.2 Å². The Hall–Kier alpha value is -2.90. The normalized spacial score (nSPS) is 13.9. The molecule has 1 N–H and O–H groups in total. The van der Waals surface area contributed by atoms with Crippen LogP contribution in [-0.4, -0.2) is 16.0 Å². The summed E-state index contributed by atoms with van der Waals surface area (Å²) in [6.45, 7) is 1.96. The van der Waals surface area contributed by atoms with Gasteiger partial charge in [-0.05, 0) is 37.5 Å². The van der Waals surface area contributed by atoms with Crippen LogP contribution in [0.2, 0.25) is 0 Å². The molecule has 0 saturated heterocycles. The summed E-state index contributed by atoms with van der Waals surface area (Å²) in [5.41, 5.74) is 1.33. The number of carbonyl (C=O) groups is 1. The Bertz CT molecular complexity index is 1040. The third-order valence-electron chi connectivity index (χ3n) is 4.55. The van der Waals surface area contributed by atoms with Crippen LogP contribution < -0.4 is 5.32 Å². The molecule has 1 saturated carbocycles. The van der Waals surface area contributed by atoms with Crippen molar-refractivity contribution in [3.05, 3.63) is 52.6 Å². The summed E-state index contributed by atoms with van der Waals surface area (Å²) in [5.74, 6) is -4.81. The number of hydrogen-bond donors (Lipinski definition) is 1. The summed E-state index contributed by atoms with van der Waals surface area (Å²) in [6.07, 6.45) is 3.29. The SMILES string of the molecule is CCCc1noc2nc(C3CC3)cc(C(=O)Nc3ccc(F)c(F)c3F)c12. The monoisotopic (exact) mass is 375 g/mol. The first-order chi connectivity index (χ1) is 13.0. The van der Waals surface area contributed by atoms with Crippen molar-refractivity contribution in [3.8, 4) is 0 Å². The van der Waals surface area contributed by atoms with Gasteiger partial charge in [-0.1, -0.05) is 18.5 Å². The van der Waals surface area contributed by atoms with Crippen LogP contribution in [0.5, 0.6) is 0 Å². The molecular weight excluding hydrogens is 359 g/mol. The van der Waals surface area contributed by atoms with Gasteiger partial charge < -0.3 is 9.84 Å². The van der Waals surface area contributed by atoms with E-state index in [9.17, 15) is 18.0 Å². The van der Waals surface area contributed by atoms with Crippen molar-refractivity contribution in [1.29, 1.82) is 0 Å². The predicted octanol–water partition coefficient (Wildman–Crippen LogP) is 4.72. The average molecular weight is 375 g/mol. The number of halogens is 3. The van der Waals surface area contributed by atoms with Crippen molar-refractivity contribution >= 4 is 22.7 Å². The van der Waals surface area contributed by atoms with Crippen molar-refractivity contribution < 1.29 is 22.5 Å². The van der Waals surface area contributed by atoms with E-state index in [0.717, 1.165) is 31.4 Å². The molecule has 3 aromatic rings. The van der Waals surface area contributed by atoms with Crippen LogP contribution in [0.3, 0.4) is 0 Å². The molecule has 1 aliphatic carbocycles. The van der Waals surface area contributed by atoms with Gasteiger partial charge in [-0.3, -0.25) is 4.79 Å². The minimum atomic E-state index is -1.64. The highest BCUT2D eigenvalue weighted by molar-refractivity contribution is 6.12. The highest BCUT2D eigenvalue weighted by Crippen LogP contribution is 2.40. The molecule has 2 aromatic heterocycles. The Morgan fingerprint density at radius 3 is 2.74 bits per heavy atom. The van der Waals surface area contributed by atoms with Crippen molar-refractivity contribution in [2.24, 2.45) is 0 Å². The van der Waals surface area contributed by atoms with E-state index in [1.54, 1.807) is 6.07 Å². The van der Waals surface area contributed by atoms with Gasteiger partial charge in [-0.15, -0.1) is 0 Å². The second-order valence-corrected chi connectivity index (χ2v) is 6.61. The second-order valence-electron chi connectivity index (χ2n) is 6.61. The molecule has 8 heteroatoms. The van der Waals surface area contributed by atoms with E-state index in [1.165, 1.54) is 0 Å². The highest BCUT2D eigenvalue weighted by atomic mass is 19.2. The van der Waals surface area contributed by atoms with Crippen LogP contribution in [0.25, 0.3) is 11.1 Å². The third kappa shape index (κ3) is 3.15. The molecule has 0 aliphatic heterocycles. The molecule has 5 nitrogen and oxygen atoms in total. The van der Waals surface area contributed by atoms with E-state index >= 15 is 0 Å². The van der Waals surface area contributed by atoms with Crippen molar-refractivity contribution in [2.45, 2.75) is 38.5 Å². The fraction of sp³-hybridized carbons (Fsp3) is 0.316. The molecule has 27 heavy (non-hydrogen) atoms. The van der Waals surface area contributed by atoms with E-state index < -0.39 is 29.0 Å². The number of rotatable bonds is 5. The lowest BCUT2D eigenvalue weighted by Gasteiger charge is -2.09. The fourth-order valence-corrected chi connectivity index (χ4v) is 3.02. The molecule has 1 fully saturated rings. The standard InChI is InChI=1S/C19H16F3N3O2/c1-2-3-12-15-10(8-14(9-4-5-9)24-19(15)27-25-12)18(26)23-13-7-6-11(20)16(21)17(13)22/h6-9H,2-5H2,1H3,(H,23,26). The van der Waals surface area contributed by atoms with Crippen LogP contribution in [0, 0.1) is 17.5 Å². The first-order valence-electron chi connectivity index (χ1n) is 8.73. The number of nitrogens with zero attached hydrogens (tertiary/aromatic N) is 2. The van der Waals surface area contributed by atoms with Crippen LogP contribution >= 0.6 is 0 Å². The van der Waals surface area contributed by atoms with Crippen molar-refractivity contribution in [1.82, 2.24) is 10.1 Å². The zero-order valence-electron chi connectivity index (χ0n) is 14.5. The van der Waals surface area contributed by atoms with Gasteiger partial charge in [0.15, 0.2) is 17.5 Å². The van der Waals surface area contributed by atoms with Crippen LogP contribution in [0.1, 0.15) is 53.8 Å². The Morgan fingerprint density at radius 2 is 2.04 bits per heavy atom. The smallest absolute Gasteiger partial charge is 0.259 e. The van der Waals surface area contributed by atoms with E-state index in [4.69, 9.17) is 4.52 Å². The lowest BCUT2D eigenvalue weighted by atomic mass is 10.0. The number of pyridine rings is 1. The van der Waals surface area contributed by atoms with Crippen LogP contribution in [0.4, 0.5) is 18.9 Å². The number of amides is 1. The largest absolute Gasteiger partial charge is 0.336 e. The summed E-state index contributed by atoms with van der Waals surface area (Å²) < 4.78 is 45.8. The van der Waals surface area contributed by atoms with Crippen LogP contribution in [0.15, 0.2) is 22.7 Å². The first-order valence-corrected chi connectivity index (χ1v) is 8.73. The molecule has 0 unspecified atom stereocenters. The van der Waals surface area contributed by atoms with Gasteiger partial charge in [0, 0.05) is 11.6 Å². The van der Waals surface area contributed by atoms with Crippen molar-refractivity contribution in [2.75, 3.05) is 5.32 Å². The molecule has 1 amide bonds. The van der Waals surface area contributed by atoms with E-state index in [-0.39, 0.29) is 17.2 Å². The number of carbonyl (C=O) groups excluding carboxylic acids is 1. The lowest BCUT2D eigenvalue weighted by Crippen LogP contribution is -2.15. The van der Waals surface area contributed by atoms with E-state index in [2.05, 4.69) is 15.5 Å². The van der Waals surface area contributed by atoms with Crippen molar-refractivity contribution in [3.63, 3.8) is 0 Å². The lowest BCUT2D eigenvalue weighted by molar-refractivity contribution is 0.102. The number of anilines is 1. The summed E-state index contributed by atoms with van der Waals surface area (Å²) in [4.78, 5) is 17.3. The van der Waals surface area contributed by atoms with Crippen LogP contribution in [-0.2, 0) is 6.42 Å². The molecule has 140 valence electrons. The molecule has 4 rings (SSSR count). The minimum Gasteiger partial charge on any atom is -0.336 e. The molecule has 0 atom stereocenters. The zero-order valence-corrected chi connectivity index (χ0v) is 14.5. The van der Waals surface area contributed by atoms with Gasteiger partial charge in [0.05, 0.1) is 22.3 Å². The van der Waals surface area contributed by atoms with Gasteiger partial charge >= 0.3 is 0 Å². The number of benzene rings is 1. The molecule has 1 aromatic carbocycles. The Labute approximate surface area is 152 Å². The number of hydrogen-bond acceptors (Lipinski definition) is 4. The molecule has 0 spiro atoms. The maximum Gasteiger partial charge on any atom is 0.259 e. The highest BCUT2D eigenvalue weighted by Gasteiger charge is 2.29. The summed E-state index contributed by atoms with van der Waals surface area (Å²) in [6, 6.07) is 3.38. The maximum absolute atomic E-state index is 13.9. The molecular formula is C19H16F3N3O2. The summed E-state index contributed by atoms with van der Waals surface area (Å²) >= 11 is 0. The Kier molecular flexibility index (Phi) is 4.33. The molecule has 1 aliphatic rings. The maximum atomic E-state index is 13.9. The van der Waals surface area contributed by atoms with Gasteiger partial charge in [-0.2, -0.15) is 0 Å². The minimum absolute atomic E-state index is 0.232. The van der Waals surface area contributed by atoms with Gasteiger partial charge in [0.1, 0.15) is 0 Å². The number of aromatic nitrogens is 2. The first kappa shape index (κ1) is 17.5. The number of fused-ring (bicyclic) bond motifs is 1. The molecule has 2 heterocycles. The predicted molar refractivity (Wildman–Crippen MR) is 92.0 cm³/mol. The Balaban J connectivity index is 1.78. The number of nitrogens with one attached hydrogen (secondary N) is 1. The quantitative estimate of drug-likeness (QED) is 0.655. The zero-order chi connectivity index (χ0) is 19.1. The van der Waals surface area contributed by atoms with Gasteiger partial charge in [0.2, 0.25) is 0 Å². The summed E-state index contributed by atoms with van der Waals surface area (Å²) in [5, 5.41) is 6.77.